The Kier molecular flexibility index (Phi) is 4.46. The van der Waals surface area contributed by atoms with Crippen molar-refractivity contribution in [1.29, 1.82) is 0 Å². The highest BCUT2D eigenvalue weighted by atomic mass is 35.5. The molecular formula is C15H13Cl2NO. The Morgan fingerprint density at radius 1 is 1.11 bits per heavy atom. The number of aryl methyl sites for hydroxylation is 1. The predicted octanol–water partition coefficient (Wildman–Crippen LogP) is 4.81. The Bertz CT molecular complexity index is 611. The second kappa shape index (κ2) is 6.09. The molecule has 0 radical (unpaired) electrons. The number of hydrogen-bond donors (Lipinski definition) is 1. The van der Waals surface area contributed by atoms with Gasteiger partial charge in [0, 0.05) is 5.69 Å². The Labute approximate surface area is 122 Å². The smallest absolute Gasteiger partial charge is 0.257 e. The number of carbonyl (C=O) groups excluding carboxylic acids is 1. The van der Waals surface area contributed by atoms with Crippen molar-refractivity contribution in [2.24, 2.45) is 0 Å². The summed E-state index contributed by atoms with van der Waals surface area (Å²) in [6.07, 6.45) is 0.847. The van der Waals surface area contributed by atoms with E-state index >= 15 is 0 Å². The summed E-state index contributed by atoms with van der Waals surface area (Å²) in [5, 5.41) is 3.51. The van der Waals surface area contributed by atoms with E-state index in [0.717, 1.165) is 17.7 Å². The van der Waals surface area contributed by atoms with Crippen molar-refractivity contribution in [3.8, 4) is 0 Å². The fourth-order valence-electron chi connectivity index (χ4n) is 1.82. The van der Waals surface area contributed by atoms with E-state index in [1.165, 1.54) is 0 Å². The zero-order valence-electron chi connectivity index (χ0n) is 10.4. The third kappa shape index (κ3) is 3.09. The lowest BCUT2D eigenvalue weighted by Crippen LogP contribution is -2.13. The minimum absolute atomic E-state index is 0.256. The number of nitrogens with one attached hydrogen (secondary N) is 1. The number of carbonyl (C=O) groups is 1. The van der Waals surface area contributed by atoms with E-state index in [2.05, 4.69) is 5.32 Å². The highest BCUT2D eigenvalue weighted by molar-refractivity contribution is 6.44. The zero-order chi connectivity index (χ0) is 13.8. The van der Waals surface area contributed by atoms with Gasteiger partial charge in [0.15, 0.2) is 0 Å². The van der Waals surface area contributed by atoms with Crippen molar-refractivity contribution in [1.82, 2.24) is 0 Å². The second-order valence-corrected chi connectivity index (χ2v) is 4.85. The van der Waals surface area contributed by atoms with Crippen LogP contribution in [0.2, 0.25) is 10.0 Å². The highest BCUT2D eigenvalue weighted by Gasteiger charge is 2.13. The molecule has 0 atom stereocenters. The lowest BCUT2D eigenvalue weighted by atomic mass is 10.1. The van der Waals surface area contributed by atoms with Crippen molar-refractivity contribution in [3.05, 3.63) is 63.6 Å². The van der Waals surface area contributed by atoms with Crippen molar-refractivity contribution < 1.29 is 4.79 Å². The largest absolute Gasteiger partial charge is 0.322 e. The lowest BCUT2D eigenvalue weighted by Gasteiger charge is -2.10. The van der Waals surface area contributed by atoms with Crippen LogP contribution in [0.3, 0.4) is 0 Å². The van der Waals surface area contributed by atoms with Crippen LogP contribution < -0.4 is 5.32 Å². The molecule has 1 N–H and O–H groups in total. The van der Waals surface area contributed by atoms with Gasteiger partial charge in [-0.1, -0.05) is 54.4 Å². The van der Waals surface area contributed by atoms with Gasteiger partial charge in [0.05, 0.1) is 15.6 Å². The SMILES string of the molecule is CCc1ccccc1NC(=O)c1cccc(Cl)c1Cl. The third-order valence-electron chi connectivity index (χ3n) is 2.84. The normalized spacial score (nSPS) is 10.3. The van der Waals surface area contributed by atoms with Crippen LogP contribution in [0.4, 0.5) is 5.69 Å². The van der Waals surface area contributed by atoms with Gasteiger partial charge in [0.1, 0.15) is 0 Å². The molecule has 0 bridgehead atoms. The number of benzene rings is 2. The van der Waals surface area contributed by atoms with Crippen LogP contribution in [-0.2, 0) is 6.42 Å². The van der Waals surface area contributed by atoms with E-state index in [1.54, 1.807) is 18.2 Å². The van der Waals surface area contributed by atoms with E-state index in [1.807, 2.05) is 31.2 Å². The minimum Gasteiger partial charge on any atom is -0.322 e. The monoisotopic (exact) mass is 293 g/mol. The van der Waals surface area contributed by atoms with Crippen LogP contribution in [0.5, 0.6) is 0 Å². The molecule has 0 saturated heterocycles. The number of hydrogen-bond acceptors (Lipinski definition) is 1. The molecule has 0 aliphatic rings. The number of para-hydroxylation sites is 1. The zero-order valence-corrected chi connectivity index (χ0v) is 11.9. The Balaban J connectivity index is 2.28. The molecule has 2 rings (SSSR count). The number of anilines is 1. The first-order valence-corrected chi connectivity index (χ1v) is 6.72. The first-order valence-electron chi connectivity index (χ1n) is 5.96. The molecule has 0 aliphatic carbocycles. The van der Waals surface area contributed by atoms with E-state index < -0.39 is 0 Å². The predicted molar refractivity (Wildman–Crippen MR) is 80.2 cm³/mol. The van der Waals surface area contributed by atoms with Gasteiger partial charge in [-0.2, -0.15) is 0 Å². The van der Waals surface area contributed by atoms with Gasteiger partial charge in [0.2, 0.25) is 0 Å². The Hall–Kier alpha value is -1.51. The molecule has 4 heteroatoms. The quantitative estimate of drug-likeness (QED) is 0.865. The molecule has 98 valence electrons. The maximum atomic E-state index is 12.2. The molecule has 0 aromatic heterocycles. The van der Waals surface area contributed by atoms with Crippen LogP contribution in [0.15, 0.2) is 42.5 Å². The third-order valence-corrected chi connectivity index (χ3v) is 3.66. The molecule has 2 aromatic rings. The molecule has 0 spiro atoms. The first-order chi connectivity index (χ1) is 9.13. The van der Waals surface area contributed by atoms with Crippen molar-refractivity contribution in [2.45, 2.75) is 13.3 Å². The Morgan fingerprint density at radius 3 is 2.58 bits per heavy atom. The van der Waals surface area contributed by atoms with Gasteiger partial charge < -0.3 is 5.32 Å². The maximum Gasteiger partial charge on any atom is 0.257 e. The second-order valence-electron chi connectivity index (χ2n) is 4.07. The topological polar surface area (TPSA) is 29.1 Å². The number of halogens is 2. The molecule has 0 fully saturated rings. The van der Waals surface area contributed by atoms with E-state index in [4.69, 9.17) is 23.2 Å². The summed E-state index contributed by atoms with van der Waals surface area (Å²) in [5.74, 6) is -0.256. The minimum atomic E-state index is -0.256. The summed E-state index contributed by atoms with van der Waals surface area (Å²) < 4.78 is 0. The van der Waals surface area contributed by atoms with Gasteiger partial charge in [0.25, 0.3) is 5.91 Å². The molecule has 0 unspecified atom stereocenters. The molecule has 0 heterocycles. The summed E-state index contributed by atoms with van der Waals surface area (Å²) in [6, 6.07) is 12.7. The highest BCUT2D eigenvalue weighted by Crippen LogP contribution is 2.26. The van der Waals surface area contributed by atoms with Crippen LogP contribution >= 0.6 is 23.2 Å². The molecular weight excluding hydrogens is 281 g/mol. The van der Waals surface area contributed by atoms with E-state index in [9.17, 15) is 4.79 Å². The molecule has 2 aromatic carbocycles. The lowest BCUT2D eigenvalue weighted by molar-refractivity contribution is 0.102. The van der Waals surface area contributed by atoms with Gasteiger partial charge in [-0.3, -0.25) is 4.79 Å². The summed E-state index contributed by atoms with van der Waals surface area (Å²) in [7, 11) is 0. The summed E-state index contributed by atoms with van der Waals surface area (Å²) in [5.41, 5.74) is 2.25. The summed E-state index contributed by atoms with van der Waals surface area (Å²) in [6.45, 7) is 2.04. The van der Waals surface area contributed by atoms with Crippen molar-refractivity contribution >= 4 is 34.8 Å². The first kappa shape index (κ1) is 13.9. The fourth-order valence-corrected chi connectivity index (χ4v) is 2.21. The molecule has 1 amide bonds. The maximum absolute atomic E-state index is 12.2. The van der Waals surface area contributed by atoms with Crippen LogP contribution in [-0.4, -0.2) is 5.91 Å². The fraction of sp³-hybridized carbons (Fsp3) is 0.133. The average Bonchev–Trinajstić information content (AvgIpc) is 2.42. The standard InChI is InChI=1S/C15H13Cl2NO/c1-2-10-6-3-4-9-13(10)18-15(19)11-7-5-8-12(16)14(11)17/h3-9H,2H2,1H3,(H,18,19). The van der Waals surface area contributed by atoms with Crippen LogP contribution in [0.1, 0.15) is 22.8 Å². The molecule has 0 saturated carbocycles. The Morgan fingerprint density at radius 2 is 1.84 bits per heavy atom. The molecule has 2 nitrogen and oxygen atoms in total. The molecule has 19 heavy (non-hydrogen) atoms. The van der Waals surface area contributed by atoms with Gasteiger partial charge in [-0.25, -0.2) is 0 Å². The average molecular weight is 294 g/mol. The number of amides is 1. The van der Waals surface area contributed by atoms with E-state index in [0.29, 0.717) is 10.6 Å². The van der Waals surface area contributed by atoms with Gasteiger partial charge >= 0.3 is 0 Å². The summed E-state index contributed by atoms with van der Waals surface area (Å²) in [4.78, 5) is 12.2. The van der Waals surface area contributed by atoms with E-state index in [-0.39, 0.29) is 10.9 Å². The van der Waals surface area contributed by atoms with Crippen LogP contribution in [0.25, 0.3) is 0 Å². The molecule has 0 aliphatic heterocycles. The van der Waals surface area contributed by atoms with Crippen molar-refractivity contribution in [3.63, 3.8) is 0 Å². The van der Waals surface area contributed by atoms with Crippen molar-refractivity contribution in [2.75, 3.05) is 5.32 Å². The number of rotatable bonds is 3. The van der Waals surface area contributed by atoms with Gasteiger partial charge in [-0.05, 0) is 30.2 Å². The van der Waals surface area contributed by atoms with Gasteiger partial charge in [-0.15, -0.1) is 0 Å². The van der Waals surface area contributed by atoms with Crippen LogP contribution in [0, 0.1) is 0 Å². The summed E-state index contributed by atoms with van der Waals surface area (Å²) >= 11 is 11.9.